The number of nitrogens with two attached hydrogens (primary N) is 1. The van der Waals surface area contributed by atoms with Crippen molar-refractivity contribution in [1.82, 2.24) is 4.98 Å². The number of nitrogens with one attached hydrogen (secondary N) is 1. The van der Waals surface area contributed by atoms with Crippen LogP contribution in [0.4, 0.5) is 0 Å². The zero-order valence-electron chi connectivity index (χ0n) is 7.68. The molecule has 14 heavy (non-hydrogen) atoms. The van der Waals surface area contributed by atoms with E-state index in [0.717, 1.165) is 22.8 Å². The Kier molecular flexibility index (Phi) is 1.59. The topological polar surface area (TPSA) is 41.8 Å². The second-order valence-electron chi connectivity index (χ2n) is 4.05. The normalized spacial score (nSPS) is 18.7. The van der Waals surface area contributed by atoms with Crippen molar-refractivity contribution >= 4 is 26.8 Å². The molecule has 3 rings (SSSR count). The van der Waals surface area contributed by atoms with Gasteiger partial charge in [0.2, 0.25) is 0 Å². The molecule has 1 saturated carbocycles. The molecule has 1 aliphatic carbocycles. The Morgan fingerprint density at radius 2 is 2.14 bits per heavy atom. The molecule has 0 atom stereocenters. The molecule has 1 aliphatic rings. The standard InChI is InChI=1S/C11H11BrN2/c12-9-6-14-10-2-1-7(5-8(9)10)11(13)3-4-11/h1-2,5-6,14H,3-4,13H2. The maximum Gasteiger partial charge on any atom is 0.0465 e. The number of fused-ring (bicyclic) bond motifs is 1. The first kappa shape index (κ1) is 8.50. The van der Waals surface area contributed by atoms with Gasteiger partial charge in [-0.25, -0.2) is 0 Å². The minimum atomic E-state index is -0.0368. The van der Waals surface area contributed by atoms with Gasteiger partial charge in [0.15, 0.2) is 0 Å². The summed E-state index contributed by atoms with van der Waals surface area (Å²) in [6, 6.07) is 6.41. The summed E-state index contributed by atoms with van der Waals surface area (Å²) in [5, 5.41) is 1.22. The number of hydrogen-bond donors (Lipinski definition) is 2. The Hall–Kier alpha value is -0.800. The lowest BCUT2D eigenvalue weighted by Crippen LogP contribution is -2.18. The van der Waals surface area contributed by atoms with Crippen molar-refractivity contribution in [2.45, 2.75) is 18.4 Å². The van der Waals surface area contributed by atoms with E-state index in [2.05, 4.69) is 39.1 Å². The van der Waals surface area contributed by atoms with Crippen molar-refractivity contribution in [1.29, 1.82) is 0 Å². The van der Waals surface area contributed by atoms with Gasteiger partial charge in [0.1, 0.15) is 0 Å². The van der Waals surface area contributed by atoms with Crippen LogP contribution in [0.15, 0.2) is 28.9 Å². The van der Waals surface area contributed by atoms with Crippen molar-refractivity contribution < 1.29 is 0 Å². The molecule has 72 valence electrons. The van der Waals surface area contributed by atoms with E-state index < -0.39 is 0 Å². The first-order valence-electron chi connectivity index (χ1n) is 4.75. The third kappa shape index (κ3) is 1.12. The van der Waals surface area contributed by atoms with Crippen LogP contribution >= 0.6 is 15.9 Å². The fraction of sp³-hybridized carbons (Fsp3) is 0.273. The summed E-state index contributed by atoms with van der Waals surface area (Å²) in [6.07, 6.45) is 4.19. The fourth-order valence-electron chi connectivity index (χ4n) is 1.82. The summed E-state index contributed by atoms with van der Waals surface area (Å²) < 4.78 is 1.11. The lowest BCUT2D eigenvalue weighted by Gasteiger charge is -2.08. The van der Waals surface area contributed by atoms with Crippen LogP contribution in [0.5, 0.6) is 0 Å². The molecule has 0 amide bonds. The molecule has 1 aromatic carbocycles. The van der Waals surface area contributed by atoms with Gasteiger partial charge < -0.3 is 10.7 Å². The van der Waals surface area contributed by atoms with Crippen LogP contribution < -0.4 is 5.73 Å². The lowest BCUT2D eigenvalue weighted by molar-refractivity contribution is 0.741. The molecule has 2 aromatic rings. The second kappa shape index (κ2) is 2.61. The van der Waals surface area contributed by atoms with Crippen LogP contribution in [0, 0.1) is 0 Å². The predicted octanol–water partition coefficient (Wildman–Crippen LogP) is 2.88. The Labute approximate surface area is 90.6 Å². The summed E-state index contributed by atoms with van der Waals surface area (Å²) in [7, 11) is 0. The van der Waals surface area contributed by atoms with Crippen molar-refractivity contribution in [2.75, 3.05) is 0 Å². The number of benzene rings is 1. The monoisotopic (exact) mass is 250 g/mol. The maximum atomic E-state index is 6.15. The van der Waals surface area contributed by atoms with Crippen LogP contribution in [-0.4, -0.2) is 4.98 Å². The smallest absolute Gasteiger partial charge is 0.0465 e. The highest BCUT2D eigenvalue weighted by Gasteiger charge is 2.39. The average Bonchev–Trinajstić information content (AvgIpc) is 2.84. The van der Waals surface area contributed by atoms with E-state index in [-0.39, 0.29) is 5.54 Å². The molecule has 1 heterocycles. The van der Waals surface area contributed by atoms with E-state index in [1.165, 1.54) is 10.9 Å². The van der Waals surface area contributed by atoms with Gasteiger partial charge >= 0.3 is 0 Å². The Morgan fingerprint density at radius 1 is 1.36 bits per heavy atom. The van der Waals surface area contributed by atoms with Gasteiger partial charge in [-0.05, 0) is 46.5 Å². The fourth-order valence-corrected chi connectivity index (χ4v) is 2.26. The van der Waals surface area contributed by atoms with E-state index in [1.807, 2.05) is 6.20 Å². The van der Waals surface area contributed by atoms with E-state index in [4.69, 9.17) is 5.73 Å². The largest absolute Gasteiger partial charge is 0.360 e. The Morgan fingerprint density at radius 3 is 2.86 bits per heavy atom. The summed E-state index contributed by atoms with van der Waals surface area (Å²) >= 11 is 3.52. The molecule has 3 N–H and O–H groups in total. The van der Waals surface area contributed by atoms with E-state index >= 15 is 0 Å². The number of aromatic amines is 1. The molecule has 3 heteroatoms. The summed E-state index contributed by atoms with van der Waals surface area (Å²) in [5.74, 6) is 0. The number of rotatable bonds is 1. The maximum absolute atomic E-state index is 6.15. The molecule has 0 aliphatic heterocycles. The molecule has 0 saturated heterocycles. The van der Waals surface area contributed by atoms with Crippen LogP contribution in [0.25, 0.3) is 10.9 Å². The molecule has 0 radical (unpaired) electrons. The molecule has 1 aromatic heterocycles. The highest BCUT2D eigenvalue weighted by atomic mass is 79.9. The van der Waals surface area contributed by atoms with Crippen LogP contribution in [0.2, 0.25) is 0 Å². The molecular weight excluding hydrogens is 240 g/mol. The SMILES string of the molecule is NC1(c2ccc3[nH]cc(Br)c3c2)CC1. The van der Waals surface area contributed by atoms with Gasteiger partial charge in [-0.15, -0.1) is 0 Å². The van der Waals surface area contributed by atoms with Gasteiger partial charge in [-0.3, -0.25) is 0 Å². The Balaban J connectivity index is 2.23. The highest BCUT2D eigenvalue weighted by Crippen LogP contribution is 2.43. The van der Waals surface area contributed by atoms with Crippen molar-refractivity contribution in [3.8, 4) is 0 Å². The minimum absolute atomic E-state index is 0.0368. The third-order valence-corrected chi connectivity index (χ3v) is 3.65. The molecule has 2 nitrogen and oxygen atoms in total. The zero-order chi connectivity index (χ0) is 9.76. The van der Waals surface area contributed by atoms with Gasteiger partial charge in [-0.2, -0.15) is 0 Å². The van der Waals surface area contributed by atoms with Gasteiger partial charge in [0.05, 0.1) is 0 Å². The van der Waals surface area contributed by atoms with Crippen molar-refractivity contribution in [2.24, 2.45) is 5.73 Å². The molecular formula is C11H11BrN2. The van der Waals surface area contributed by atoms with E-state index in [0.29, 0.717) is 0 Å². The van der Waals surface area contributed by atoms with Gasteiger partial charge in [0, 0.05) is 27.1 Å². The average molecular weight is 251 g/mol. The molecule has 0 unspecified atom stereocenters. The third-order valence-electron chi connectivity index (χ3n) is 2.99. The highest BCUT2D eigenvalue weighted by molar-refractivity contribution is 9.10. The zero-order valence-corrected chi connectivity index (χ0v) is 9.26. The first-order valence-corrected chi connectivity index (χ1v) is 5.54. The summed E-state index contributed by atoms with van der Waals surface area (Å²) in [5.41, 5.74) is 8.53. The first-order chi connectivity index (χ1) is 6.69. The summed E-state index contributed by atoms with van der Waals surface area (Å²) in [4.78, 5) is 3.20. The van der Waals surface area contributed by atoms with Crippen LogP contribution in [0.3, 0.4) is 0 Å². The Bertz CT molecular complexity index is 497. The second-order valence-corrected chi connectivity index (χ2v) is 4.91. The number of H-pyrrole nitrogens is 1. The van der Waals surface area contributed by atoms with Crippen molar-refractivity contribution in [3.05, 3.63) is 34.4 Å². The van der Waals surface area contributed by atoms with E-state index in [1.54, 1.807) is 0 Å². The van der Waals surface area contributed by atoms with Crippen molar-refractivity contribution in [3.63, 3.8) is 0 Å². The number of hydrogen-bond acceptors (Lipinski definition) is 1. The summed E-state index contributed by atoms with van der Waals surface area (Å²) in [6.45, 7) is 0. The van der Waals surface area contributed by atoms with E-state index in [9.17, 15) is 0 Å². The predicted molar refractivity (Wildman–Crippen MR) is 61.1 cm³/mol. The molecule has 0 spiro atoms. The number of halogens is 1. The minimum Gasteiger partial charge on any atom is -0.360 e. The van der Waals surface area contributed by atoms with Gasteiger partial charge in [0.25, 0.3) is 0 Å². The van der Waals surface area contributed by atoms with Crippen LogP contribution in [0.1, 0.15) is 18.4 Å². The molecule has 1 fully saturated rings. The molecule has 0 bridgehead atoms. The van der Waals surface area contributed by atoms with Gasteiger partial charge in [-0.1, -0.05) is 6.07 Å². The van der Waals surface area contributed by atoms with Crippen LogP contribution in [-0.2, 0) is 5.54 Å². The lowest BCUT2D eigenvalue weighted by atomic mass is 10.0. The quantitative estimate of drug-likeness (QED) is 0.803. The number of aromatic nitrogens is 1.